The Morgan fingerprint density at radius 1 is 1.73 bits per heavy atom. The van der Waals surface area contributed by atoms with E-state index in [4.69, 9.17) is 4.74 Å². The van der Waals surface area contributed by atoms with Crippen molar-refractivity contribution in [1.82, 2.24) is 4.90 Å². The van der Waals surface area contributed by atoms with E-state index in [1.165, 1.54) is 0 Å². The van der Waals surface area contributed by atoms with Crippen molar-refractivity contribution in [3.8, 4) is 0 Å². The molecule has 2 aliphatic rings. The van der Waals surface area contributed by atoms with Crippen molar-refractivity contribution in [2.24, 2.45) is 5.41 Å². The number of hydrogen-bond acceptors (Lipinski definition) is 2. The molecule has 2 fully saturated rings. The lowest BCUT2D eigenvalue weighted by atomic mass is 9.89. The molecule has 11 heavy (non-hydrogen) atoms. The first kappa shape index (κ1) is 6.70. The van der Waals surface area contributed by atoms with E-state index in [0.29, 0.717) is 6.61 Å². The summed E-state index contributed by atoms with van der Waals surface area (Å²) in [5.41, 5.74) is 0.947. The minimum Gasteiger partial charge on any atom is -0.448 e. The Bertz CT molecular complexity index is 244. The molecule has 1 unspecified atom stereocenters. The number of amides is 1. The molecule has 3 nitrogen and oxygen atoms in total. The molecule has 0 N–H and O–H groups in total. The first-order valence-corrected chi connectivity index (χ1v) is 3.69. The van der Waals surface area contributed by atoms with Crippen molar-refractivity contribution in [1.29, 1.82) is 0 Å². The van der Waals surface area contributed by atoms with Crippen molar-refractivity contribution >= 4 is 6.09 Å². The molecule has 1 amide bonds. The zero-order valence-corrected chi connectivity index (χ0v) is 6.76. The predicted molar refractivity (Wildman–Crippen MR) is 39.9 cm³/mol. The topological polar surface area (TPSA) is 29.3 Å². The van der Waals surface area contributed by atoms with Crippen LogP contribution in [0.1, 0.15) is 13.8 Å². The summed E-state index contributed by atoms with van der Waals surface area (Å²) in [6.45, 7) is 8.45. The highest BCUT2D eigenvalue weighted by Crippen LogP contribution is 2.47. The lowest BCUT2D eigenvalue weighted by molar-refractivity contribution is 0.0498. The zero-order chi connectivity index (χ0) is 8.22. The van der Waals surface area contributed by atoms with Crippen LogP contribution in [0.5, 0.6) is 0 Å². The van der Waals surface area contributed by atoms with Crippen molar-refractivity contribution in [2.75, 3.05) is 6.61 Å². The van der Waals surface area contributed by atoms with E-state index in [2.05, 4.69) is 20.4 Å². The van der Waals surface area contributed by atoms with E-state index < -0.39 is 0 Å². The second kappa shape index (κ2) is 1.60. The molecule has 1 atom stereocenters. The summed E-state index contributed by atoms with van der Waals surface area (Å²) in [4.78, 5) is 12.6. The maximum absolute atomic E-state index is 11.0. The van der Waals surface area contributed by atoms with E-state index in [-0.39, 0.29) is 17.6 Å². The number of hydrogen-bond donors (Lipinski definition) is 0. The molecule has 0 aromatic heterocycles. The molecule has 3 heteroatoms. The smallest absolute Gasteiger partial charge is 0.414 e. The standard InChI is InChI=1S/C8H11NO2/c1-5-6-8(2,3)4-11-7(10)9(5)6/h6H,1,4H2,2-3H3. The average molecular weight is 153 g/mol. The highest BCUT2D eigenvalue weighted by atomic mass is 16.6. The second-order valence-corrected chi connectivity index (χ2v) is 3.81. The molecule has 60 valence electrons. The first-order valence-electron chi connectivity index (χ1n) is 3.69. The Balaban J connectivity index is 2.27. The molecule has 0 aromatic rings. The van der Waals surface area contributed by atoms with Crippen LogP contribution in [-0.2, 0) is 4.74 Å². The Kier molecular flexibility index (Phi) is 0.975. The SMILES string of the molecule is C=C1C2N1C(=O)OCC2(C)C. The summed E-state index contributed by atoms with van der Waals surface area (Å²) in [5.74, 6) is 0. The largest absolute Gasteiger partial charge is 0.448 e. The van der Waals surface area contributed by atoms with Gasteiger partial charge >= 0.3 is 6.09 Å². The van der Waals surface area contributed by atoms with Crippen LogP contribution in [-0.4, -0.2) is 23.6 Å². The predicted octanol–water partition coefficient (Wildman–Crippen LogP) is 1.36. The highest BCUT2D eigenvalue weighted by molar-refractivity contribution is 5.77. The van der Waals surface area contributed by atoms with E-state index in [1.807, 2.05) is 0 Å². The van der Waals surface area contributed by atoms with Gasteiger partial charge in [-0.05, 0) is 0 Å². The Morgan fingerprint density at radius 3 is 2.91 bits per heavy atom. The molecule has 0 spiro atoms. The molecule has 0 saturated carbocycles. The van der Waals surface area contributed by atoms with Gasteiger partial charge in [-0.2, -0.15) is 0 Å². The summed E-state index contributed by atoms with van der Waals surface area (Å²) < 4.78 is 4.94. The molecule has 2 rings (SSSR count). The maximum Gasteiger partial charge on any atom is 0.414 e. The van der Waals surface area contributed by atoms with Crippen molar-refractivity contribution in [3.63, 3.8) is 0 Å². The molecular formula is C8H11NO2. The molecule has 0 aromatic carbocycles. The second-order valence-electron chi connectivity index (χ2n) is 3.81. The van der Waals surface area contributed by atoms with Gasteiger partial charge in [-0.1, -0.05) is 20.4 Å². The van der Waals surface area contributed by atoms with Crippen molar-refractivity contribution in [2.45, 2.75) is 19.9 Å². The first-order chi connectivity index (χ1) is 5.04. The van der Waals surface area contributed by atoms with Crippen LogP contribution in [0, 0.1) is 5.41 Å². The summed E-state index contributed by atoms with van der Waals surface area (Å²) in [7, 11) is 0. The van der Waals surface area contributed by atoms with E-state index >= 15 is 0 Å². The fraction of sp³-hybridized carbons (Fsp3) is 0.625. The van der Waals surface area contributed by atoms with E-state index in [1.54, 1.807) is 4.90 Å². The van der Waals surface area contributed by atoms with Crippen LogP contribution in [0.15, 0.2) is 12.3 Å². The van der Waals surface area contributed by atoms with Gasteiger partial charge in [0, 0.05) is 11.1 Å². The van der Waals surface area contributed by atoms with Crippen LogP contribution >= 0.6 is 0 Å². The number of cyclic esters (lactones) is 1. The molecular weight excluding hydrogens is 142 g/mol. The Labute approximate surface area is 65.6 Å². The quantitative estimate of drug-likeness (QED) is 0.492. The minimum atomic E-state index is -0.237. The van der Waals surface area contributed by atoms with Gasteiger partial charge < -0.3 is 4.74 Å². The van der Waals surface area contributed by atoms with Gasteiger partial charge in [0.1, 0.15) is 6.61 Å². The van der Waals surface area contributed by atoms with Gasteiger partial charge in [-0.3, -0.25) is 4.90 Å². The lowest BCUT2D eigenvalue weighted by Gasteiger charge is -2.27. The Hall–Kier alpha value is -0.990. The van der Waals surface area contributed by atoms with Gasteiger partial charge in [0.05, 0.1) is 6.04 Å². The summed E-state index contributed by atoms with van der Waals surface area (Å²) in [6, 6.07) is 0.226. The summed E-state index contributed by atoms with van der Waals surface area (Å²) in [6.07, 6.45) is -0.237. The monoisotopic (exact) mass is 153 g/mol. The van der Waals surface area contributed by atoms with Crippen LogP contribution in [0.3, 0.4) is 0 Å². The third kappa shape index (κ3) is 0.708. The normalized spacial score (nSPS) is 32.9. The number of carbonyl (C=O) groups is 1. The van der Waals surface area contributed by atoms with Crippen LogP contribution in [0.25, 0.3) is 0 Å². The third-order valence-corrected chi connectivity index (χ3v) is 2.32. The van der Waals surface area contributed by atoms with Gasteiger partial charge in [0.15, 0.2) is 0 Å². The Morgan fingerprint density at radius 2 is 2.36 bits per heavy atom. The van der Waals surface area contributed by atoms with Gasteiger partial charge in [0.25, 0.3) is 0 Å². The minimum absolute atomic E-state index is 0.0466. The molecule has 2 aliphatic heterocycles. The van der Waals surface area contributed by atoms with E-state index in [0.717, 1.165) is 5.70 Å². The number of ether oxygens (including phenoxy) is 1. The van der Waals surface area contributed by atoms with Crippen LogP contribution in [0.2, 0.25) is 0 Å². The average Bonchev–Trinajstić information content (AvgIpc) is 2.56. The molecule has 0 bridgehead atoms. The number of fused-ring (bicyclic) bond motifs is 1. The van der Waals surface area contributed by atoms with Gasteiger partial charge in [0.2, 0.25) is 0 Å². The van der Waals surface area contributed by atoms with Crippen molar-refractivity contribution < 1.29 is 9.53 Å². The third-order valence-electron chi connectivity index (χ3n) is 2.32. The lowest BCUT2D eigenvalue weighted by Crippen LogP contribution is -2.37. The molecule has 2 saturated heterocycles. The number of rotatable bonds is 0. The van der Waals surface area contributed by atoms with Crippen LogP contribution in [0.4, 0.5) is 4.79 Å². The summed E-state index contributed by atoms with van der Waals surface area (Å²) in [5, 5.41) is 0. The van der Waals surface area contributed by atoms with Gasteiger partial charge in [-0.25, -0.2) is 4.79 Å². The van der Waals surface area contributed by atoms with Gasteiger partial charge in [-0.15, -0.1) is 0 Å². The highest BCUT2D eigenvalue weighted by Gasteiger charge is 2.57. The molecule has 0 radical (unpaired) electrons. The molecule has 0 aliphatic carbocycles. The fourth-order valence-corrected chi connectivity index (χ4v) is 1.65. The fourth-order valence-electron chi connectivity index (χ4n) is 1.65. The maximum atomic E-state index is 11.0. The van der Waals surface area contributed by atoms with E-state index in [9.17, 15) is 4.79 Å². The molecule has 2 heterocycles. The number of nitrogens with zero attached hydrogens (tertiary/aromatic N) is 1. The van der Waals surface area contributed by atoms with Crippen molar-refractivity contribution in [3.05, 3.63) is 12.3 Å². The van der Waals surface area contributed by atoms with Crippen LogP contribution < -0.4 is 0 Å². The number of carbonyl (C=O) groups excluding carboxylic acids is 1. The summed E-state index contributed by atoms with van der Waals surface area (Å²) >= 11 is 0. The zero-order valence-electron chi connectivity index (χ0n) is 6.76.